The van der Waals surface area contributed by atoms with Gasteiger partial charge in [0, 0.05) is 16.9 Å². The smallest absolute Gasteiger partial charge is 0.233 e. The summed E-state index contributed by atoms with van der Waals surface area (Å²) >= 11 is 1.38. The van der Waals surface area contributed by atoms with E-state index in [9.17, 15) is 9.18 Å². The standard InChI is InChI=1S/C26H23FN2O2S/c1-18-25(20-13-15-21(31-2)16-14-20)28-26(32-18)29(23-11-7-6-10-22(23)27)24(30)17-12-19-8-4-3-5-9-19/h3-11,13-16H,12,17H2,1-2H3. The van der Waals surface area contributed by atoms with Crippen LogP contribution in [-0.4, -0.2) is 18.0 Å². The Balaban J connectivity index is 1.68. The lowest BCUT2D eigenvalue weighted by molar-refractivity contribution is -0.117. The normalized spacial score (nSPS) is 10.7. The van der Waals surface area contributed by atoms with Crippen LogP contribution in [0.25, 0.3) is 11.3 Å². The van der Waals surface area contributed by atoms with Gasteiger partial charge in [0.1, 0.15) is 11.6 Å². The molecule has 1 aromatic heterocycles. The van der Waals surface area contributed by atoms with Crippen molar-refractivity contribution in [2.75, 3.05) is 12.0 Å². The summed E-state index contributed by atoms with van der Waals surface area (Å²) in [5.41, 5.74) is 2.95. The van der Waals surface area contributed by atoms with Crippen molar-refractivity contribution < 1.29 is 13.9 Å². The molecule has 162 valence electrons. The molecule has 0 saturated heterocycles. The van der Waals surface area contributed by atoms with Crippen molar-refractivity contribution in [2.24, 2.45) is 0 Å². The molecule has 0 aliphatic rings. The maximum Gasteiger partial charge on any atom is 0.233 e. The Labute approximate surface area is 190 Å². The highest BCUT2D eigenvalue weighted by molar-refractivity contribution is 7.16. The van der Waals surface area contributed by atoms with E-state index in [2.05, 4.69) is 0 Å². The van der Waals surface area contributed by atoms with Gasteiger partial charge < -0.3 is 4.74 Å². The number of para-hydroxylation sites is 1. The number of ether oxygens (including phenoxy) is 1. The Morgan fingerprint density at radius 2 is 1.69 bits per heavy atom. The van der Waals surface area contributed by atoms with Gasteiger partial charge in [-0.25, -0.2) is 9.37 Å². The maximum atomic E-state index is 14.7. The summed E-state index contributed by atoms with van der Waals surface area (Å²) in [6.45, 7) is 1.95. The number of methoxy groups -OCH3 is 1. The van der Waals surface area contributed by atoms with E-state index in [-0.39, 0.29) is 18.0 Å². The van der Waals surface area contributed by atoms with Crippen molar-refractivity contribution in [2.45, 2.75) is 19.8 Å². The maximum absolute atomic E-state index is 14.7. The Kier molecular flexibility index (Phi) is 6.61. The van der Waals surface area contributed by atoms with Crippen LogP contribution in [-0.2, 0) is 11.2 Å². The van der Waals surface area contributed by atoms with Crippen LogP contribution in [0.2, 0.25) is 0 Å². The molecule has 0 atom stereocenters. The van der Waals surface area contributed by atoms with Crippen LogP contribution in [0.15, 0.2) is 78.9 Å². The molecule has 0 aliphatic heterocycles. The lowest BCUT2D eigenvalue weighted by Gasteiger charge is -2.20. The number of hydrogen-bond acceptors (Lipinski definition) is 4. The van der Waals surface area contributed by atoms with E-state index in [0.29, 0.717) is 11.6 Å². The number of hydrogen-bond donors (Lipinski definition) is 0. The summed E-state index contributed by atoms with van der Waals surface area (Å²) in [6, 6.07) is 23.7. The Morgan fingerprint density at radius 1 is 1.00 bits per heavy atom. The first kappa shape index (κ1) is 21.7. The van der Waals surface area contributed by atoms with Gasteiger partial charge in [0.05, 0.1) is 18.5 Å². The molecule has 4 nitrogen and oxygen atoms in total. The molecule has 0 saturated carbocycles. The lowest BCUT2D eigenvalue weighted by atomic mass is 10.1. The van der Waals surface area contributed by atoms with Gasteiger partial charge in [-0.15, -0.1) is 11.3 Å². The van der Waals surface area contributed by atoms with E-state index in [1.54, 1.807) is 25.3 Å². The van der Waals surface area contributed by atoms with Crippen molar-refractivity contribution in [3.8, 4) is 17.0 Å². The number of aryl methyl sites for hydroxylation is 2. The molecule has 0 N–H and O–H groups in total. The van der Waals surface area contributed by atoms with Crippen molar-refractivity contribution in [3.63, 3.8) is 0 Å². The van der Waals surface area contributed by atoms with E-state index in [0.717, 1.165) is 27.4 Å². The first-order valence-corrected chi connectivity index (χ1v) is 11.1. The quantitative estimate of drug-likeness (QED) is 0.323. The summed E-state index contributed by atoms with van der Waals surface area (Å²) in [5, 5.41) is 0.455. The SMILES string of the molecule is COc1ccc(-c2nc(N(C(=O)CCc3ccccc3)c3ccccc3F)sc2C)cc1. The number of amides is 1. The number of carbonyl (C=O) groups is 1. The number of rotatable bonds is 7. The van der Waals surface area contributed by atoms with Gasteiger partial charge in [-0.05, 0) is 55.3 Å². The fraction of sp³-hybridized carbons (Fsp3) is 0.154. The molecule has 32 heavy (non-hydrogen) atoms. The van der Waals surface area contributed by atoms with E-state index in [1.165, 1.54) is 22.3 Å². The number of benzene rings is 3. The average molecular weight is 447 g/mol. The number of carbonyl (C=O) groups excluding carboxylic acids is 1. The zero-order valence-electron chi connectivity index (χ0n) is 17.9. The van der Waals surface area contributed by atoms with E-state index in [4.69, 9.17) is 9.72 Å². The van der Waals surface area contributed by atoms with Gasteiger partial charge in [-0.1, -0.05) is 42.5 Å². The van der Waals surface area contributed by atoms with Gasteiger partial charge in [0.25, 0.3) is 0 Å². The minimum atomic E-state index is -0.459. The zero-order chi connectivity index (χ0) is 22.5. The summed E-state index contributed by atoms with van der Waals surface area (Å²) in [5.74, 6) is 0.0966. The highest BCUT2D eigenvalue weighted by atomic mass is 32.1. The van der Waals surface area contributed by atoms with Gasteiger partial charge in [0.15, 0.2) is 5.13 Å². The van der Waals surface area contributed by atoms with Gasteiger partial charge in [-0.2, -0.15) is 0 Å². The predicted octanol–water partition coefficient (Wildman–Crippen LogP) is 6.56. The third-order valence-corrected chi connectivity index (χ3v) is 6.11. The van der Waals surface area contributed by atoms with Crippen molar-refractivity contribution >= 4 is 28.1 Å². The molecule has 6 heteroatoms. The van der Waals surface area contributed by atoms with Gasteiger partial charge in [0.2, 0.25) is 5.91 Å². The van der Waals surface area contributed by atoms with Crippen molar-refractivity contribution in [1.82, 2.24) is 4.98 Å². The molecule has 1 heterocycles. The fourth-order valence-corrected chi connectivity index (χ4v) is 4.44. The topological polar surface area (TPSA) is 42.4 Å². The van der Waals surface area contributed by atoms with Crippen LogP contribution < -0.4 is 9.64 Å². The van der Waals surface area contributed by atoms with Crippen LogP contribution in [0, 0.1) is 12.7 Å². The third kappa shape index (κ3) is 4.70. The Morgan fingerprint density at radius 3 is 2.38 bits per heavy atom. The molecule has 0 aliphatic carbocycles. The first-order valence-electron chi connectivity index (χ1n) is 10.3. The van der Waals surface area contributed by atoms with Crippen LogP contribution in [0.1, 0.15) is 16.9 Å². The largest absolute Gasteiger partial charge is 0.497 e. The first-order chi connectivity index (χ1) is 15.6. The van der Waals surface area contributed by atoms with Gasteiger partial charge >= 0.3 is 0 Å². The van der Waals surface area contributed by atoms with Crippen molar-refractivity contribution in [1.29, 1.82) is 0 Å². The molecule has 0 bridgehead atoms. The molecule has 3 aromatic carbocycles. The molecule has 0 fully saturated rings. The second-order valence-electron chi connectivity index (χ2n) is 7.30. The lowest BCUT2D eigenvalue weighted by Crippen LogP contribution is -2.27. The molecule has 1 amide bonds. The summed E-state index contributed by atoms with van der Waals surface area (Å²) in [6.07, 6.45) is 0.815. The third-order valence-electron chi connectivity index (χ3n) is 5.15. The molecular weight excluding hydrogens is 423 g/mol. The molecule has 4 rings (SSSR count). The molecule has 0 radical (unpaired) electrons. The molecule has 0 unspecified atom stereocenters. The average Bonchev–Trinajstić information content (AvgIpc) is 3.20. The van der Waals surface area contributed by atoms with Gasteiger partial charge in [-0.3, -0.25) is 9.69 Å². The van der Waals surface area contributed by atoms with E-state index in [1.807, 2.05) is 61.5 Å². The predicted molar refractivity (Wildman–Crippen MR) is 127 cm³/mol. The summed E-state index contributed by atoms with van der Waals surface area (Å²) in [4.78, 5) is 20.4. The number of halogens is 1. The van der Waals surface area contributed by atoms with Crippen molar-refractivity contribution in [3.05, 3.63) is 95.1 Å². The second kappa shape index (κ2) is 9.75. The second-order valence-corrected chi connectivity index (χ2v) is 8.48. The highest BCUT2D eigenvalue weighted by Gasteiger charge is 2.25. The van der Waals surface area contributed by atoms with Crippen LogP contribution in [0.3, 0.4) is 0 Å². The minimum absolute atomic E-state index is 0.200. The highest BCUT2D eigenvalue weighted by Crippen LogP contribution is 2.37. The number of nitrogens with zero attached hydrogens (tertiary/aromatic N) is 2. The monoisotopic (exact) mass is 446 g/mol. The number of anilines is 2. The van der Waals surface area contributed by atoms with E-state index < -0.39 is 5.82 Å². The number of aromatic nitrogens is 1. The Bertz CT molecular complexity index is 1210. The van der Waals surface area contributed by atoms with Crippen LogP contribution in [0.5, 0.6) is 5.75 Å². The minimum Gasteiger partial charge on any atom is -0.497 e. The zero-order valence-corrected chi connectivity index (χ0v) is 18.7. The molecule has 0 spiro atoms. The van der Waals surface area contributed by atoms with E-state index >= 15 is 0 Å². The summed E-state index contributed by atoms with van der Waals surface area (Å²) < 4.78 is 20.0. The Hall–Kier alpha value is -3.51. The number of thiazole rings is 1. The molecule has 4 aromatic rings. The van der Waals surface area contributed by atoms with Crippen LogP contribution >= 0.6 is 11.3 Å². The fourth-order valence-electron chi connectivity index (χ4n) is 3.48. The van der Waals surface area contributed by atoms with Crippen LogP contribution in [0.4, 0.5) is 15.2 Å². The summed E-state index contributed by atoms with van der Waals surface area (Å²) in [7, 11) is 1.62. The molecular formula is C26H23FN2O2S.